The van der Waals surface area contributed by atoms with Gasteiger partial charge in [-0.3, -0.25) is 9.69 Å². The molecule has 0 saturated carbocycles. The van der Waals surface area contributed by atoms with Gasteiger partial charge in [0, 0.05) is 32.2 Å². The first kappa shape index (κ1) is 15.9. The van der Waals surface area contributed by atoms with Gasteiger partial charge in [-0.25, -0.2) is 4.39 Å². The molecule has 1 aromatic rings. The van der Waals surface area contributed by atoms with Crippen LogP contribution in [-0.4, -0.2) is 55.5 Å². The van der Waals surface area contributed by atoms with Gasteiger partial charge < -0.3 is 10.2 Å². The van der Waals surface area contributed by atoms with Crippen molar-refractivity contribution in [3.63, 3.8) is 0 Å². The minimum absolute atomic E-state index is 0.00645. The molecule has 1 atom stereocenters. The molecule has 2 rings (SSSR count). The van der Waals surface area contributed by atoms with E-state index in [2.05, 4.69) is 5.32 Å². The van der Waals surface area contributed by atoms with E-state index >= 15 is 0 Å². The molecule has 1 aliphatic rings. The molecule has 116 valence electrons. The van der Waals surface area contributed by atoms with Gasteiger partial charge in [0.1, 0.15) is 5.82 Å². The number of nitrogens with zero attached hydrogens (tertiary/aromatic N) is 2. The number of hydrogen-bond acceptors (Lipinski definition) is 3. The maximum Gasteiger partial charge on any atom is 0.236 e. The normalized spacial score (nSPS) is 17.1. The number of carbonyl (C=O) groups excluding carboxylic acids is 1. The Hall–Kier alpha value is -1.46. The van der Waals surface area contributed by atoms with Gasteiger partial charge in [0.2, 0.25) is 5.91 Å². The fourth-order valence-corrected chi connectivity index (χ4v) is 2.49. The molecule has 5 heteroatoms. The van der Waals surface area contributed by atoms with Crippen molar-refractivity contribution >= 4 is 5.91 Å². The summed E-state index contributed by atoms with van der Waals surface area (Å²) >= 11 is 0. The number of amides is 1. The Labute approximate surface area is 125 Å². The average molecular weight is 293 g/mol. The SMILES string of the molecule is Cc1ccc(C(C)N(C)CC(=O)N2CCNCC2)cc1F. The molecular weight excluding hydrogens is 269 g/mol. The van der Waals surface area contributed by atoms with Crippen LogP contribution in [0, 0.1) is 12.7 Å². The van der Waals surface area contributed by atoms with Crippen LogP contribution in [0.15, 0.2) is 18.2 Å². The van der Waals surface area contributed by atoms with Crippen molar-refractivity contribution < 1.29 is 9.18 Å². The van der Waals surface area contributed by atoms with Gasteiger partial charge >= 0.3 is 0 Å². The standard InChI is InChI=1S/C16H24FN3O/c1-12-4-5-14(10-15(12)17)13(2)19(3)11-16(21)20-8-6-18-7-9-20/h4-5,10,13,18H,6-9,11H2,1-3H3. The number of aryl methyl sites for hydroxylation is 1. The van der Waals surface area contributed by atoms with Gasteiger partial charge in [-0.05, 0) is 38.1 Å². The average Bonchev–Trinajstić information content (AvgIpc) is 2.50. The Morgan fingerprint density at radius 2 is 2.10 bits per heavy atom. The lowest BCUT2D eigenvalue weighted by molar-refractivity contribution is -0.133. The molecular formula is C16H24FN3O. The number of carbonyl (C=O) groups is 1. The molecule has 1 amide bonds. The maximum absolute atomic E-state index is 13.7. The fraction of sp³-hybridized carbons (Fsp3) is 0.562. The third kappa shape index (κ3) is 4.02. The summed E-state index contributed by atoms with van der Waals surface area (Å²) in [6.07, 6.45) is 0. The van der Waals surface area contributed by atoms with E-state index in [1.165, 1.54) is 0 Å². The highest BCUT2D eigenvalue weighted by atomic mass is 19.1. The molecule has 0 bridgehead atoms. The molecule has 1 N–H and O–H groups in total. The second-order valence-corrected chi connectivity index (χ2v) is 5.73. The van der Waals surface area contributed by atoms with E-state index in [4.69, 9.17) is 0 Å². The molecule has 1 heterocycles. The Morgan fingerprint density at radius 3 is 2.71 bits per heavy atom. The molecule has 1 unspecified atom stereocenters. The zero-order valence-corrected chi connectivity index (χ0v) is 13.0. The van der Waals surface area contributed by atoms with Gasteiger partial charge in [-0.2, -0.15) is 0 Å². The number of piperazine rings is 1. The van der Waals surface area contributed by atoms with Crippen LogP contribution in [0.1, 0.15) is 24.1 Å². The highest BCUT2D eigenvalue weighted by Gasteiger charge is 2.20. The number of likely N-dealkylation sites (N-methyl/N-ethyl adjacent to an activating group) is 1. The van der Waals surface area contributed by atoms with Gasteiger partial charge in [0.25, 0.3) is 0 Å². The third-order valence-corrected chi connectivity index (χ3v) is 4.19. The Kier molecular flexibility index (Phi) is 5.31. The fourth-order valence-electron chi connectivity index (χ4n) is 2.49. The molecule has 0 aromatic heterocycles. The number of benzene rings is 1. The summed E-state index contributed by atoms with van der Waals surface area (Å²) in [5.41, 5.74) is 1.54. The summed E-state index contributed by atoms with van der Waals surface area (Å²) in [5.74, 6) is -0.0559. The quantitative estimate of drug-likeness (QED) is 0.915. The van der Waals surface area contributed by atoms with Gasteiger partial charge in [-0.15, -0.1) is 0 Å². The molecule has 21 heavy (non-hydrogen) atoms. The molecule has 1 fully saturated rings. The van der Waals surface area contributed by atoms with Crippen molar-refractivity contribution in [2.24, 2.45) is 0 Å². The van der Waals surface area contributed by atoms with Crippen molar-refractivity contribution in [3.8, 4) is 0 Å². The minimum Gasteiger partial charge on any atom is -0.339 e. The summed E-state index contributed by atoms with van der Waals surface area (Å²) in [6.45, 7) is 7.34. The second-order valence-electron chi connectivity index (χ2n) is 5.73. The van der Waals surface area contributed by atoms with E-state index in [1.807, 2.05) is 29.8 Å². The summed E-state index contributed by atoms with van der Waals surface area (Å²) in [7, 11) is 1.91. The van der Waals surface area contributed by atoms with E-state index in [-0.39, 0.29) is 17.8 Å². The first-order valence-electron chi connectivity index (χ1n) is 7.44. The molecule has 0 spiro atoms. The van der Waals surface area contributed by atoms with Crippen molar-refractivity contribution in [1.82, 2.24) is 15.1 Å². The van der Waals surface area contributed by atoms with Crippen molar-refractivity contribution in [3.05, 3.63) is 35.1 Å². The monoisotopic (exact) mass is 293 g/mol. The number of nitrogens with one attached hydrogen (secondary N) is 1. The van der Waals surface area contributed by atoms with E-state index in [1.54, 1.807) is 19.1 Å². The van der Waals surface area contributed by atoms with Crippen LogP contribution in [0.25, 0.3) is 0 Å². The molecule has 4 nitrogen and oxygen atoms in total. The lowest BCUT2D eigenvalue weighted by Gasteiger charge is -2.31. The highest BCUT2D eigenvalue weighted by Crippen LogP contribution is 2.21. The summed E-state index contributed by atoms with van der Waals surface area (Å²) in [5, 5.41) is 3.23. The predicted molar refractivity (Wildman–Crippen MR) is 81.6 cm³/mol. The topological polar surface area (TPSA) is 35.6 Å². The molecule has 1 aromatic carbocycles. The minimum atomic E-state index is -0.193. The lowest BCUT2D eigenvalue weighted by atomic mass is 10.0. The van der Waals surface area contributed by atoms with Gasteiger partial charge in [0.15, 0.2) is 0 Å². The first-order chi connectivity index (χ1) is 9.99. The van der Waals surface area contributed by atoms with Crippen LogP contribution in [0.3, 0.4) is 0 Å². The zero-order valence-electron chi connectivity index (χ0n) is 13.0. The van der Waals surface area contributed by atoms with E-state index < -0.39 is 0 Å². The van der Waals surface area contributed by atoms with Crippen LogP contribution >= 0.6 is 0 Å². The lowest BCUT2D eigenvalue weighted by Crippen LogP contribution is -2.49. The van der Waals surface area contributed by atoms with E-state index in [0.29, 0.717) is 12.1 Å². The number of hydrogen-bond donors (Lipinski definition) is 1. The second kappa shape index (κ2) is 7.00. The summed E-state index contributed by atoms with van der Waals surface area (Å²) < 4.78 is 13.7. The number of halogens is 1. The van der Waals surface area contributed by atoms with Crippen LogP contribution in [0.4, 0.5) is 4.39 Å². The van der Waals surface area contributed by atoms with Gasteiger partial charge in [0.05, 0.1) is 6.54 Å². The Morgan fingerprint density at radius 1 is 1.43 bits per heavy atom. The van der Waals surface area contributed by atoms with Crippen LogP contribution in [0.5, 0.6) is 0 Å². The van der Waals surface area contributed by atoms with Gasteiger partial charge in [-0.1, -0.05) is 12.1 Å². The Bertz CT molecular complexity index is 500. The van der Waals surface area contributed by atoms with E-state index in [9.17, 15) is 9.18 Å². The largest absolute Gasteiger partial charge is 0.339 e. The van der Waals surface area contributed by atoms with Crippen molar-refractivity contribution in [2.75, 3.05) is 39.8 Å². The first-order valence-corrected chi connectivity index (χ1v) is 7.44. The summed E-state index contributed by atoms with van der Waals surface area (Å²) in [4.78, 5) is 16.1. The van der Waals surface area contributed by atoms with Crippen LogP contribution in [-0.2, 0) is 4.79 Å². The van der Waals surface area contributed by atoms with Crippen molar-refractivity contribution in [1.29, 1.82) is 0 Å². The maximum atomic E-state index is 13.7. The van der Waals surface area contributed by atoms with E-state index in [0.717, 1.165) is 31.7 Å². The summed E-state index contributed by atoms with van der Waals surface area (Å²) in [6, 6.07) is 5.28. The van der Waals surface area contributed by atoms with Crippen LogP contribution < -0.4 is 5.32 Å². The van der Waals surface area contributed by atoms with Crippen LogP contribution in [0.2, 0.25) is 0 Å². The molecule has 1 saturated heterocycles. The van der Waals surface area contributed by atoms with Crippen molar-refractivity contribution in [2.45, 2.75) is 19.9 Å². The predicted octanol–water partition coefficient (Wildman–Crippen LogP) is 1.56. The molecule has 0 aliphatic carbocycles. The third-order valence-electron chi connectivity index (χ3n) is 4.19. The zero-order chi connectivity index (χ0) is 15.4. The number of rotatable bonds is 4. The smallest absolute Gasteiger partial charge is 0.236 e. The highest BCUT2D eigenvalue weighted by molar-refractivity contribution is 5.78. The molecule has 1 aliphatic heterocycles. The molecule has 0 radical (unpaired) electrons. The Balaban J connectivity index is 1.96.